The van der Waals surface area contributed by atoms with Crippen molar-refractivity contribution in [3.63, 3.8) is 0 Å². The molecule has 0 saturated carbocycles. The lowest BCUT2D eigenvalue weighted by molar-refractivity contribution is -0.137. The number of carbonyl (C=O) groups excluding carboxylic acids is 3. The monoisotopic (exact) mass is 283 g/mol. The minimum Gasteiger partial charge on any atom is -0.381 e. The Morgan fingerprint density at radius 1 is 1.40 bits per heavy atom. The summed E-state index contributed by atoms with van der Waals surface area (Å²) in [6.45, 7) is 3.93. The summed E-state index contributed by atoms with van der Waals surface area (Å²) in [7, 11) is 0. The number of ether oxygens (including phenoxy) is 1. The average molecular weight is 283 g/mol. The number of carbonyl (C=O) groups is 3. The van der Waals surface area contributed by atoms with E-state index in [1.54, 1.807) is 4.90 Å². The molecule has 2 saturated heterocycles. The second-order valence-electron chi connectivity index (χ2n) is 5.27. The predicted octanol–water partition coefficient (Wildman–Crippen LogP) is 0.00370. The fraction of sp³-hybridized carbons (Fsp3) is 0.769. The smallest absolute Gasteiger partial charge is 0.322 e. The van der Waals surface area contributed by atoms with Crippen LogP contribution >= 0.6 is 0 Å². The van der Waals surface area contributed by atoms with E-state index in [1.165, 1.54) is 0 Å². The van der Waals surface area contributed by atoms with Crippen LogP contribution in [0.25, 0.3) is 0 Å². The third-order valence-electron chi connectivity index (χ3n) is 3.67. The van der Waals surface area contributed by atoms with Crippen LogP contribution in [-0.4, -0.2) is 54.6 Å². The molecule has 2 heterocycles. The summed E-state index contributed by atoms with van der Waals surface area (Å²) in [5.41, 5.74) is -0.935. The van der Waals surface area contributed by atoms with Crippen LogP contribution in [0.5, 0.6) is 0 Å². The molecule has 2 rings (SSSR count). The van der Waals surface area contributed by atoms with Crippen LogP contribution < -0.4 is 10.6 Å². The van der Waals surface area contributed by atoms with E-state index < -0.39 is 11.6 Å². The standard InChI is InChI=1S/C13H21N3O4/c1-2-7-20-8-4-10(17)16-6-3-5-13(9-16)11(18)14-12(19)15-13/h2-9H2,1H3,(H2,14,15,18,19). The number of piperidine rings is 1. The van der Waals surface area contributed by atoms with Crippen molar-refractivity contribution in [2.45, 2.75) is 38.1 Å². The summed E-state index contributed by atoms with van der Waals surface area (Å²) in [5.74, 6) is -0.364. The van der Waals surface area contributed by atoms with Crippen LogP contribution in [0.4, 0.5) is 4.79 Å². The largest absolute Gasteiger partial charge is 0.381 e. The van der Waals surface area contributed by atoms with E-state index in [0.717, 1.165) is 6.42 Å². The minimum absolute atomic E-state index is 0.0332. The fourth-order valence-corrected chi connectivity index (χ4v) is 2.65. The van der Waals surface area contributed by atoms with Crippen LogP contribution in [-0.2, 0) is 14.3 Å². The Morgan fingerprint density at radius 2 is 2.20 bits per heavy atom. The molecule has 2 aliphatic heterocycles. The fourth-order valence-electron chi connectivity index (χ4n) is 2.65. The van der Waals surface area contributed by atoms with Crippen LogP contribution in [0.1, 0.15) is 32.6 Å². The van der Waals surface area contributed by atoms with Gasteiger partial charge in [-0.15, -0.1) is 0 Å². The maximum absolute atomic E-state index is 12.1. The van der Waals surface area contributed by atoms with Gasteiger partial charge in [-0.3, -0.25) is 14.9 Å². The molecule has 0 aromatic rings. The van der Waals surface area contributed by atoms with Crippen LogP contribution in [0, 0.1) is 0 Å². The highest BCUT2D eigenvalue weighted by Crippen LogP contribution is 2.24. The SMILES string of the molecule is CCCOCCC(=O)N1CCCC2(C1)NC(=O)NC2=O. The van der Waals surface area contributed by atoms with Gasteiger partial charge in [-0.05, 0) is 19.3 Å². The first kappa shape index (κ1) is 14.8. The van der Waals surface area contributed by atoms with E-state index >= 15 is 0 Å². The van der Waals surface area contributed by atoms with Crippen LogP contribution in [0.2, 0.25) is 0 Å². The second-order valence-corrected chi connectivity index (χ2v) is 5.27. The molecule has 0 bridgehead atoms. The zero-order valence-corrected chi connectivity index (χ0v) is 11.7. The Labute approximate surface area is 118 Å². The molecule has 2 N–H and O–H groups in total. The van der Waals surface area contributed by atoms with Crippen molar-refractivity contribution in [3.05, 3.63) is 0 Å². The lowest BCUT2D eigenvalue weighted by Gasteiger charge is -2.38. The molecule has 2 aliphatic rings. The Morgan fingerprint density at radius 3 is 2.85 bits per heavy atom. The van der Waals surface area contributed by atoms with Gasteiger partial charge in [0, 0.05) is 13.2 Å². The van der Waals surface area contributed by atoms with Gasteiger partial charge < -0.3 is 15.0 Å². The molecule has 0 aliphatic carbocycles. The minimum atomic E-state index is -0.935. The molecule has 1 unspecified atom stereocenters. The maximum atomic E-state index is 12.1. The molecule has 2 fully saturated rings. The lowest BCUT2D eigenvalue weighted by atomic mass is 9.89. The van der Waals surface area contributed by atoms with Gasteiger partial charge in [0.15, 0.2) is 0 Å². The van der Waals surface area contributed by atoms with Gasteiger partial charge in [-0.2, -0.15) is 0 Å². The summed E-state index contributed by atoms with van der Waals surface area (Å²) in [6, 6.07) is -0.476. The molecule has 4 amide bonds. The summed E-state index contributed by atoms with van der Waals surface area (Å²) in [6.07, 6.45) is 2.51. The van der Waals surface area contributed by atoms with Gasteiger partial charge in [-0.25, -0.2) is 4.79 Å². The molecule has 0 aromatic heterocycles. The third-order valence-corrected chi connectivity index (χ3v) is 3.67. The number of hydrogen-bond acceptors (Lipinski definition) is 4. The van der Waals surface area contributed by atoms with Crippen molar-refractivity contribution in [1.29, 1.82) is 0 Å². The highest BCUT2D eigenvalue weighted by Gasteiger charge is 2.49. The zero-order valence-electron chi connectivity index (χ0n) is 11.7. The van der Waals surface area contributed by atoms with Crippen molar-refractivity contribution < 1.29 is 19.1 Å². The quantitative estimate of drug-likeness (QED) is 0.549. The summed E-state index contributed by atoms with van der Waals surface area (Å²) < 4.78 is 5.30. The number of nitrogens with zero attached hydrogens (tertiary/aromatic N) is 1. The van der Waals surface area contributed by atoms with E-state index in [1.807, 2.05) is 6.92 Å². The molecule has 112 valence electrons. The molecule has 7 heteroatoms. The number of nitrogens with one attached hydrogen (secondary N) is 2. The number of amides is 4. The molecule has 7 nitrogen and oxygen atoms in total. The second kappa shape index (κ2) is 6.21. The third kappa shape index (κ3) is 3.09. The Kier molecular flexibility index (Phi) is 4.59. The van der Waals surface area contributed by atoms with Crippen molar-refractivity contribution in [3.8, 4) is 0 Å². The topological polar surface area (TPSA) is 87.7 Å². The van der Waals surface area contributed by atoms with Crippen LogP contribution in [0.15, 0.2) is 0 Å². The molecule has 0 aromatic carbocycles. The lowest BCUT2D eigenvalue weighted by Crippen LogP contribution is -2.59. The number of likely N-dealkylation sites (tertiary alicyclic amines) is 1. The van der Waals surface area contributed by atoms with Gasteiger partial charge in [0.25, 0.3) is 5.91 Å². The highest BCUT2D eigenvalue weighted by molar-refractivity contribution is 6.07. The number of hydrogen-bond donors (Lipinski definition) is 2. The Balaban J connectivity index is 1.88. The average Bonchev–Trinajstić information content (AvgIpc) is 2.68. The first-order valence-electron chi connectivity index (χ1n) is 7.06. The molecular weight excluding hydrogens is 262 g/mol. The molecule has 1 spiro atoms. The molecule has 1 atom stereocenters. The van der Waals surface area contributed by atoms with Crippen molar-refractivity contribution >= 4 is 17.8 Å². The van der Waals surface area contributed by atoms with Gasteiger partial charge in [0.05, 0.1) is 19.6 Å². The first-order chi connectivity index (χ1) is 9.57. The van der Waals surface area contributed by atoms with Crippen molar-refractivity contribution in [2.75, 3.05) is 26.3 Å². The van der Waals surface area contributed by atoms with Gasteiger partial charge >= 0.3 is 6.03 Å². The van der Waals surface area contributed by atoms with E-state index in [0.29, 0.717) is 39.0 Å². The van der Waals surface area contributed by atoms with E-state index in [4.69, 9.17) is 4.74 Å². The van der Waals surface area contributed by atoms with Gasteiger partial charge in [0.1, 0.15) is 5.54 Å². The summed E-state index contributed by atoms with van der Waals surface area (Å²) >= 11 is 0. The Bertz CT molecular complexity index is 412. The summed E-state index contributed by atoms with van der Waals surface area (Å²) in [4.78, 5) is 36.9. The highest BCUT2D eigenvalue weighted by atomic mass is 16.5. The van der Waals surface area contributed by atoms with E-state index in [2.05, 4.69) is 10.6 Å². The van der Waals surface area contributed by atoms with Crippen molar-refractivity contribution in [1.82, 2.24) is 15.5 Å². The molecule has 20 heavy (non-hydrogen) atoms. The molecule has 0 radical (unpaired) electrons. The summed E-state index contributed by atoms with van der Waals surface area (Å²) in [5, 5.41) is 4.90. The maximum Gasteiger partial charge on any atom is 0.322 e. The van der Waals surface area contributed by atoms with Gasteiger partial charge in [-0.1, -0.05) is 6.92 Å². The van der Waals surface area contributed by atoms with E-state index in [-0.39, 0.29) is 18.4 Å². The van der Waals surface area contributed by atoms with E-state index in [9.17, 15) is 14.4 Å². The predicted molar refractivity (Wildman–Crippen MR) is 70.9 cm³/mol. The normalized spacial score (nSPS) is 25.8. The van der Waals surface area contributed by atoms with Crippen LogP contribution in [0.3, 0.4) is 0 Å². The molecular formula is C13H21N3O4. The number of imide groups is 1. The van der Waals surface area contributed by atoms with Crippen molar-refractivity contribution in [2.24, 2.45) is 0 Å². The number of urea groups is 1. The van der Waals surface area contributed by atoms with Gasteiger partial charge in [0.2, 0.25) is 5.91 Å². The zero-order chi connectivity index (χ0) is 14.6. The number of rotatable bonds is 5. The Hall–Kier alpha value is -1.63. The first-order valence-corrected chi connectivity index (χ1v) is 7.06.